The number of benzene rings is 2. The van der Waals surface area contributed by atoms with Gasteiger partial charge in [0.2, 0.25) is 4.96 Å². The van der Waals surface area contributed by atoms with Gasteiger partial charge in [0.25, 0.3) is 5.56 Å². The lowest BCUT2D eigenvalue weighted by atomic mass is 10.2. The molecule has 0 amide bonds. The van der Waals surface area contributed by atoms with Gasteiger partial charge in [0, 0.05) is 24.3 Å². The largest absolute Gasteiger partial charge is 0.372 e. The summed E-state index contributed by atoms with van der Waals surface area (Å²) in [4.78, 5) is 20.1. The first kappa shape index (κ1) is 18.7. The molecule has 4 rings (SSSR count). The molecule has 2 aromatic carbocycles. The number of fused-ring (bicyclic) bond motifs is 1. The molecule has 0 aliphatic heterocycles. The van der Waals surface area contributed by atoms with Crippen LogP contribution < -0.4 is 15.0 Å². The molecule has 0 aliphatic carbocycles. The van der Waals surface area contributed by atoms with Crippen LogP contribution in [0.4, 0.5) is 5.69 Å². The van der Waals surface area contributed by atoms with Gasteiger partial charge >= 0.3 is 0 Å². The monoisotopic (exact) mass is 410 g/mol. The Hall–Kier alpha value is -2.70. The minimum absolute atomic E-state index is 0.168. The summed E-state index contributed by atoms with van der Waals surface area (Å²) in [5, 5.41) is 4.92. The molecule has 0 atom stereocenters. The van der Waals surface area contributed by atoms with Gasteiger partial charge in [-0.25, -0.2) is 0 Å². The van der Waals surface area contributed by atoms with Crippen molar-refractivity contribution in [3.63, 3.8) is 0 Å². The van der Waals surface area contributed by atoms with Crippen molar-refractivity contribution in [2.24, 2.45) is 0 Å². The first-order valence-corrected chi connectivity index (χ1v) is 10.3. The summed E-state index contributed by atoms with van der Waals surface area (Å²) in [5.74, 6) is 0.462. The quantitative estimate of drug-likeness (QED) is 0.501. The van der Waals surface area contributed by atoms with E-state index >= 15 is 0 Å². The lowest BCUT2D eigenvalue weighted by Crippen LogP contribution is -2.23. The molecule has 142 valence electrons. The van der Waals surface area contributed by atoms with Gasteiger partial charge < -0.3 is 4.90 Å². The lowest BCUT2D eigenvalue weighted by molar-refractivity contribution is 0.866. The predicted molar refractivity (Wildman–Crippen MR) is 116 cm³/mol. The zero-order chi connectivity index (χ0) is 19.7. The van der Waals surface area contributed by atoms with E-state index in [0.717, 1.165) is 24.2 Å². The number of rotatable bonds is 5. The Balaban J connectivity index is 1.70. The molecule has 5 nitrogen and oxygen atoms in total. The van der Waals surface area contributed by atoms with Crippen LogP contribution in [0.3, 0.4) is 0 Å². The molecule has 0 fully saturated rings. The predicted octanol–water partition coefficient (Wildman–Crippen LogP) is 3.87. The molecular weight excluding hydrogens is 392 g/mol. The molecule has 2 heterocycles. The van der Waals surface area contributed by atoms with Crippen molar-refractivity contribution in [3.8, 4) is 11.4 Å². The van der Waals surface area contributed by atoms with Crippen LogP contribution in [0.1, 0.15) is 19.4 Å². The van der Waals surface area contributed by atoms with Crippen LogP contribution in [0.25, 0.3) is 22.4 Å². The number of aromatic nitrogens is 3. The number of thiazole rings is 1. The Morgan fingerprint density at radius 1 is 1.11 bits per heavy atom. The van der Waals surface area contributed by atoms with Crippen LogP contribution in [-0.4, -0.2) is 27.7 Å². The summed E-state index contributed by atoms with van der Waals surface area (Å²) < 4.78 is 1.95. The highest BCUT2D eigenvalue weighted by molar-refractivity contribution is 7.15. The third-order valence-electron chi connectivity index (χ3n) is 4.62. The molecule has 0 aliphatic rings. The number of nitrogens with zero attached hydrogens (tertiary/aromatic N) is 4. The molecule has 7 heteroatoms. The number of anilines is 1. The maximum Gasteiger partial charge on any atom is 0.291 e. The first-order valence-electron chi connectivity index (χ1n) is 9.12. The molecule has 28 heavy (non-hydrogen) atoms. The molecule has 0 unspecified atom stereocenters. The Labute approximate surface area is 171 Å². The maximum atomic E-state index is 12.7. The van der Waals surface area contributed by atoms with Crippen molar-refractivity contribution < 1.29 is 0 Å². The van der Waals surface area contributed by atoms with E-state index in [1.807, 2.05) is 36.4 Å². The van der Waals surface area contributed by atoms with Gasteiger partial charge in [-0.1, -0.05) is 47.2 Å². The number of hydrogen-bond donors (Lipinski definition) is 0. The third kappa shape index (κ3) is 3.41. The van der Waals surface area contributed by atoms with Gasteiger partial charge in [-0.05, 0) is 49.8 Å². The molecular formula is C21H19ClN4OS. The van der Waals surface area contributed by atoms with Crippen LogP contribution in [0.5, 0.6) is 0 Å². The highest BCUT2D eigenvalue weighted by Gasteiger charge is 2.13. The highest BCUT2D eigenvalue weighted by Crippen LogP contribution is 2.25. The fraction of sp³-hybridized carbons (Fsp3) is 0.190. The SMILES string of the molecule is CCN(CC)c1ccc(/C=c2/sc3nc(-c4ccccc4Cl)nn3c2=O)cc1. The minimum atomic E-state index is -0.168. The second-order valence-corrected chi connectivity index (χ2v) is 7.71. The van der Waals surface area contributed by atoms with Crippen molar-refractivity contribution in [2.75, 3.05) is 18.0 Å². The topological polar surface area (TPSA) is 50.5 Å². The van der Waals surface area contributed by atoms with Crippen molar-refractivity contribution in [2.45, 2.75) is 13.8 Å². The summed E-state index contributed by atoms with van der Waals surface area (Å²) in [6, 6.07) is 15.6. The summed E-state index contributed by atoms with van der Waals surface area (Å²) in [5.41, 5.74) is 2.70. The van der Waals surface area contributed by atoms with Crippen molar-refractivity contribution in [1.29, 1.82) is 0 Å². The van der Waals surface area contributed by atoms with Crippen molar-refractivity contribution in [3.05, 3.63) is 74.0 Å². The molecule has 0 bridgehead atoms. The van der Waals surface area contributed by atoms with E-state index in [-0.39, 0.29) is 5.56 Å². The minimum Gasteiger partial charge on any atom is -0.372 e. The Morgan fingerprint density at radius 2 is 1.82 bits per heavy atom. The Kier molecular flexibility index (Phi) is 5.15. The summed E-state index contributed by atoms with van der Waals surface area (Å²) >= 11 is 7.54. The Morgan fingerprint density at radius 3 is 2.46 bits per heavy atom. The summed E-state index contributed by atoms with van der Waals surface area (Å²) in [6.07, 6.45) is 1.88. The van der Waals surface area contributed by atoms with Crippen LogP contribution in [-0.2, 0) is 0 Å². The second-order valence-electron chi connectivity index (χ2n) is 6.29. The van der Waals surface area contributed by atoms with E-state index in [0.29, 0.717) is 20.3 Å². The Bertz CT molecular complexity index is 1230. The van der Waals surface area contributed by atoms with Crippen molar-refractivity contribution in [1.82, 2.24) is 14.6 Å². The van der Waals surface area contributed by atoms with Gasteiger partial charge in [0.05, 0.1) is 9.55 Å². The summed E-state index contributed by atoms with van der Waals surface area (Å²) in [6.45, 7) is 6.20. The average Bonchev–Trinajstić information content (AvgIpc) is 3.24. The normalized spacial score (nSPS) is 12.0. The van der Waals surface area contributed by atoms with E-state index in [2.05, 4.69) is 41.0 Å². The van der Waals surface area contributed by atoms with Crippen molar-refractivity contribution >= 4 is 39.7 Å². The van der Waals surface area contributed by atoms with E-state index in [9.17, 15) is 4.79 Å². The molecule has 0 saturated carbocycles. The number of halogens is 1. The standard InChI is InChI=1S/C21H19ClN4OS/c1-3-25(4-2)15-11-9-14(10-12-15)13-18-20(27)26-21(28-18)23-19(24-26)16-7-5-6-8-17(16)22/h5-13H,3-4H2,1-2H3/b18-13+. The zero-order valence-electron chi connectivity index (χ0n) is 15.6. The molecule has 4 aromatic rings. The lowest BCUT2D eigenvalue weighted by Gasteiger charge is -2.20. The van der Waals surface area contributed by atoms with Crippen LogP contribution in [0.2, 0.25) is 5.02 Å². The molecule has 0 N–H and O–H groups in total. The number of hydrogen-bond acceptors (Lipinski definition) is 5. The second kappa shape index (κ2) is 7.73. The van der Waals surface area contributed by atoms with E-state index < -0.39 is 0 Å². The maximum absolute atomic E-state index is 12.7. The zero-order valence-corrected chi connectivity index (χ0v) is 17.2. The highest BCUT2D eigenvalue weighted by atomic mass is 35.5. The first-order chi connectivity index (χ1) is 13.6. The van der Waals surface area contributed by atoms with Gasteiger partial charge in [0.1, 0.15) is 0 Å². The molecule has 0 spiro atoms. The van der Waals surface area contributed by atoms with Crippen LogP contribution in [0, 0.1) is 0 Å². The van der Waals surface area contributed by atoms with Gasteiger partial charge in [0.15, 0.2) is 5.82 Å². The van der Waals surface area contributed by atoms with Gasteiger partial charge in [-0.2, -0.15) is 9.50 Å². The van der Waals surface area contributed by atoms with Crippen LogP contribution in [0.15, 0.2) is 53.3 Å². The summed E-state index contributed by atoms with van der Waals surface area (Å²) in [7, 11) is 0. The van der Waals surface area contributed by atoms with Crippen LogP contribution >= 0.6 is 22.9 Å². The van der Waals surface area contributed by atoms with E-state index in [4.69, 9.17) is 11.6 Å². The smallest absolute Gasteiger partial charge is 0.291 e. The van der Waals surface area contributed by atoms with Gasteiger partial charge in [-0.15, -0.1) is 5.10 Å². The average molecular weight is 411 g/mol. The molecule has 2 aromatic heterocycles. The fourth-order valence-corrected chi connectivity index (χ4v) is 4.24. The molecule has 0 saturated heterocycles. The van der Waals surface area contributed by atoms with E-state index in [1.165, 1.54) is 21.5 Å². The third-order valence-corrected chi connectivity index (χ3v) is 5.90. The van der Waals surface area contributed by atoms with E-state index in [1.54, 1.807) is 6.07 Å². The van der Waals surface area contributed by atoms with Gasteiger partial charge in [-0.3, -0.25) is 4.79 Å². The fourth-order valence-electron chi connectivity index (χ4n) is 3.11. The molecule has 0 radical (unpaired) electrons.